The number of ketones is 1. The van der Waals surface area contributed by atoms with E-state index in [2.05, 4.69) is 0 Å². The molecule has 0 unspecified atom stereocenters. The molecule has 2 fully saturated rings. The maximum Gasteiger partial charge on any atom is 0.308 e. The first-order valence-corrected chi connectivity index (χ1v) is 12.2. The number of fused-ring (bicyclic) bond motifs is 5. The molecule has 0 N–H and O–H groups in total. The first kappa shape index (κ1) is 23.2. The van der Waals surface area contributed by atoms with Crippen LogP contribution in [-0.2, 0) is 14.4 Å². The van der Waals surface area contributed by atoms with Gasteiger partial charge in [-0.15, -0.1) is 0 Å². The number of carbonyl (C=O) groups is 4. The van der Waals surface area contributed by atoms with Crippen LogP contribution in [0.2, 0.25) is 5.02 Å². The Hall–Kier alpha value is -4.23. The molecular formula is C29H21ClN2O5. The van der Waals surface area contributed by atoms with E-state index < -0.39 is 35.8 Å². The van der Waals surface area contributed by atoms with Gasteiger partial charge in [0, 0.05) is 18.7 Å². The predicted molar refractivity (Wildman–Crippen MR) is 137 cm³/mol. The molecule has 6 rings (SSSR count). The molecule has 3 aromatic carbocycles. The minimum Gasteiger partial charge on any atom is -0.427 e. The quantitative estimate of drug-likeness (QED) is 0.219. The van der Waals surface area contributed by atoms with Gasteiger partial charge in [0.05, 0.1) is 28.6 Å². The predicted octanol–water partition coefficient (Wildman–Crippen LogP) is 4.66. The van der Waals surface area contributed by atoms with E-state index in [4.69, 9.17) is 16.3 Å². The van der Waals surface area contributed by atoms with Crippen molar-refractivity contribution >= 4 is 46.9 Å². The first-order valence-electron chi connectivity index (χ1n) is 11.9. The van der Waals surface area contributed by atoms with Crippen molar-refractivity contribution in [1.29, 1.82) is 0 Å². The average Bonchev–Trinajstić information content (AvgIpc) is 3.37. The van der Waals surface area contributed by atoms with E-state index in [0.29, 0.717) is 17.0 Å². The van der Waals surface area contributed by atoms with Gasteiger partial charge in [0.25, 0.3) is 0 Å². The van der Waals surface area contributed by atoms with E-state index in [0.717, 1.165) is 16.0 Å². The molecule has 0 radical (unpaired) electrons. The van der Waals surface area contributed by atoms with Crippen molar-refractivity contribution in [2.45, 2.75) is 19.0 Å². The van der Waals surface area contributed by atoms with Crippen LogP contribution in [0.1, 0.15) is 34.5 Å². The molecule has 0 aliphatic carbocycles. The molecule has 7 nitrogen and oxygen atoms in total. The van der Waals surface area contributed by atoms with Crippen LogP contribution in [0, 0.1) is 11.8 Å². The van der Waals surface area contributed by atoms with Crippen molar-refractivity contribution in [2.75, 3.05) is 4.90 Å². The van der Waals surface area contributed by atoms with Gasteiger partial charge >= 0.3 is 5.97 Å². The lowest BCUT2D eigenvalue weighted by molar-refractivity contribution is -0.132. The van der Waals surface area contributed by atoms with Crippen LogP contribution in [0.15, 0.2) is 79.0 Å². The fourth-order valence-electron chi connectivity index (χ4n) is 5.75. The molecule has 0 aromatic heterocycles. The van der Waals surface area contributed by atoms with E-state index in [1.54, 1.807) is 36.4 Å². The van der Waals surface area contributed by atoms with Gasteiger partial charge in [-0.3, -0.25) is 19.2 Å². The van der Waals surface area contributed by atoms with Gasteiger partial charge in [-0.25, -0.2) is 4.90 Å². The Bertz CT molecular complexity index is 1500. The molecule has 3 aliphatic rings. The summed E-state index contributed by atoms with van der Waals surface area (Å²) in [5.41, 5.74) is 2.50. The Labute approximate surface area is 217 Å². The number of ether oxygens (including phenoxy) is 1. The Balaban J connectivity index is 1.45. The topological polar surface area (TPSA) is 84.0 Å². The molecule has 184 valence electrons. The summed E-state index contributed by atoms with van der Waals surface area (Å²) in [6, 6.07) is 19.2. The summed E-state index contributed by atoms with van der Waals surface area (Å²) in [6.45, 7) is 1.30. The second-order valence-corrected chi connectivity index (χ2v) is 9.69. The van der Waals surface area contributed by atoms with E-state index in [-0.39, 0.29) is 16.7 Å². The lowest BCUT2D eigenvalue weighted by atomic mass is 9.83. The van der Waals surface area contributed by atoms with Crippen molar-refractivity contribution in [3.63, 3.8) is 0 Å². The second-order valence-electron chi connectivity index (χ2n) is 9.28. The number of imide groups is 1. The van der Waals surface area contributed by atoms with Gasteiger partial charge in [0.2, 0.25) is 11.8 Å². The van der Waals surface area contributed by atoms with Gasteiger partial charge in [-0.2, -0.15) is 0 Å². The SMILES string of the molecule is CC(=O)Oc1ccc(C(=O)[C@@H]2[C@@H]3C(=O)N(c4ccccc4Cl)C(=O)[C@H]3[C@H]3c4ccccc4C=CN23)cc1. The molecule has 3 aliphatic heterocycles. The minimum absolute atomic E-state index is 0.286. The standard InChI is InChI=1S/C29H21ClN2O5/c1-16(33)37-19-12-10-18(11-13-19)27(34)26-24-23(25-20-7-3-2-6-17(20)14-15-31(25)26)28(35)32(29(24)36)22-9-5-4-8-21(22)30/h2-15,23-26H,1H3/t23-,24-,25-,26+/m1/s1. The van der Waals surface area contributed by atoms with Crippen LogP contribution in [-0.4, -0.2) is 34.5 Å². The summed E-state index contributed by atoms with van der Waals surface area (Å²) in [5, 5.41) is 0.286. The molecular weight excluding hydrogens is 492 g/mol. The number of para-hydroxylation sites is 1. The zero-order chi connectivity index (χ0) is 25.8. The molecule has 2 saturated heterocycles. The van der Waals surface area contributed by atoms with Crippen LogP contribution in [0.25, 0.3) is 6.08 Å². The third-order valence-electron chi connectivity index (χ3n) is 7.22. The Kier molecular flexibility index (Phi) is 5.46. The highest BCUT2D eigenvalue weighted by atomic mass is 35.5. The van der Waals surface area contributed by atoms with Crippen LogP contribution in [0.4, 0.5) is 5.69 Å². The number of rotatable bonds is 4. The summed E-state index contributed by atoms with van der Waals surface area (Å²) < 4.78 is 5.08. The first-order chi connectivity index (χ1) is 17.9. The lowest BCUT2D eigenvalue weighted by Gasteiger charge is -2.35. The molecule has 2 amide bonds. The zero-order valence-corrected chi connectivity index (χ0v) is 20.5. The number of hydrogen-bond acceptors (Lipinski definition) is 6. The molecule has 0 spiro atoms. The van der Waals surface area contributed by atoms with Crippen molar-refractivity contribution in [1.82, 2.24) is 4.90 Å². The number of amides is 2. The maximum atomic E-state index is 14.0. The fraction of sp³-hybridized carbons (Fsp3) is 0.172. The number of esters is 1. The third kappa shape index (κ3) is 3.57. The van der Waals surface area contributed by atoms with Crippen LogP contribution < -0.4 is 9.64 Å². The summed E-state index contributed by atoms with van der Waals surface area (Å²) in [6.07, 6.45) is 3.71. The third-order valence-corrected chi connectivity index (χ3v) is 7.54. The van der Waals surface area contributed by atoms with Gasteiger partial charge < -0.3 is 9.64 Å². The number of nitrogens with zero attached hydrogens (tertiary/aromatic N) is 2. The highest BCUT2D eigenvalue weighted by Gasteiger charge is 2.64. The average molecular weight is 513 g/mol. The molecule has 0 bridgehead atoms. The number of halogens is 1. The molecule has 0 saturated carbocycles. The smallest absolute Gasteiger partial charge is 0.308 e. The van der Waals surface area contributed by atoms with Crippen LogP contribution in [0.5, 0.6) is 5.75 Å². The van der Waals surface area contributed by atoms with Crippen molar-refractivity contribution in [3.05, 3.63) is 101 Å². The fourth-order valence-corrected chi connectivity index (χ4v) is 5.97. The molecule has 37 heavy (non-hydrogen) atoms. The number of anilines is 1. The highest BCUT2D eigenvalue weighted by Crippen LogP contribution is 2.54. The Morgan fingerprint density at radius 3 is 2.27 bits per heavy atom. The van der Waals surface area contributed by atoms with E-state index in [1.165, 1.54) is 19.1 Å². The van der Waals surface area contributed by atoms with Gasteiger partial charge in [-0.1, -0.05) is 48.0 Å². The zero-order valence-electron chi connectivity index (χ0n) is 19.7. The molecule has 4 atom stereocenters. The lowest BCUT2D eigenvalue weighted by Crippen LogP contribution is -2.44. The summed E-state index contributed by atoms with van der Waals surface area (Å²) in [5.74, 6) is -2.92. The number of Topliss-reactive ketones (excluding diaryl/α,β-unsaturated/α-hetero) is 1. The number of hydrogen-bond donors (Lipinski definition) is 0. The number of benzene rings is 3. The van der Waals surface area contributed by atoms with Crippen molar-refractivity contribution in [2.24, 2.45) is 11.8 Å². The van der Waals surface area contributed by atoms with Gasteiger partial charge in [-0.05, 0) is 53.6 Å². The Morgan fingerprint density at radius 1 is 0.865 bits per heavy atom. The van der Waals surface area contributed by atoms with Crippen molar-refractivity contribution in [3.8, 4) is 5.75 Å². The highest BCUT2D eigenvalue weighted by molar-refractivity contribution is 6.36. The monoisotopic (exact) mass is 512 g/mol. The van der Waals surface area contributed by atoms with Crippen LogP contribution >= 0.6 is 11.6 Å². The Morgan fingerprint density at radius 2 is 1.54 bits per heavy atom. The molecule has 3 heterocycles. The normalized spacial score (nSPS) is 23.5. The van der Waals surface area contributed by atoms with Crippen molar-refractivity contribution < 1.29 is 23.9 Å². The van der Waals surface area contributed by atoms with Gasteiger partial charge in [0.1, 0.15) is 11.8 Å². The van der Waals surface area contributed by atoms with Crippen LogP contribution in [0.3, 0.4) is 0 Å². The molecule has 3 aromatic rings. The summed E-state index contributed by atoms with van der Waals surface area (Å²) in [7, 11) is 0. The van der Waals surface area contributed by atoms with E-state index in [1.807, 2.05) is 41.4 Å². The van der Waals surface area contributed by atoms with Gasteiger partial charge in [0.15, 0.2) is 5.78 Å². The minimum atomic E-state index is -0.900. The maximum absolute atomic E-state index is 14.0. The van der Waals surface area contributed by atoms with E-state index >= 15 is 0 Å². The largest absolute Gasteiger partial charge is 0.427 e. The molecule has 8 heteroatoms. The number of carbonyl (C=O) groups excluding carboxylic acids is 4. The van der Waals surface area contributed by atoms with E-state index in [9.17, 15) is 19.2 Å². The summed E-state index contributed by atoms with van der Waals surface area (Å²) >= 11 is 6.39. The second kappa shape index (κ2) is 8.71. The summed E-state index contributed by atoms with van der Waals surface area (Å²) in [4.78, 5) is 56.0.